The Morgan fingerprint density at radius 2 is 2.28 bits per heavy atom. The second-order valence-electron chi connectivity index (χ2n) is 4.42. The molecule has 1 aliphatic rings. The lowest BCUT2D eigenvalue weighted by molar-refractivity contribution is 0.0608. The molecule has 0 radical (unpaired) electrons. The minimum atomic E-state index is -0.370. The summed E-state index contributed by atoms with van der Waals surface area (Å²) in [7, 11) is 0. The Labute approximate surface area is 108 Å². The number of nitrogens with zero attached hydrogens (tertiary/aromatic N) is 2. The number of hydrogen-bond acceptors (Lipinski definition) is 5. The van der Waals surface area contributed by atoms with Gasteiger partial charge < -0.3 is 4.74 Å². The van der Waals surface area contributed by atoms with E-state index >= 15 is 0 Å². The van der Waals surface area contributed by atoms with Crippen molar-refractivity contribution in [2.75, 3.05) is 13.2 Å². The Morgan fingerprint density at radius 3 is 3.00 bits per heavy atom. The molecule has 96 valence electrons. The molecule has 0 unspecified atom stereocenters. The summed E-state index contributed by atoms with van der Waals surface area (Å²) >= 11 is 1.56. The molecule has 2 aromatic rings. The minimum Gasteiger partial charge on any atom is -0.381 e. The van der Waals surface area contributed by atoms with E-state index in [0.717, 1.165) is 30.9 Å². The lowest BCUT2D eigenvalue weighted by atomic mass is 10.0. The quantitative estimate of drug-likeness (QED) is 0.852. The van der Waals surface area contributed by atoms with Crippen molar-refractivity contribution in [3.05, 3.63) is 28.1 Å². The van der Waals surface area contributed by atoms with Crippen LogP contribution < -0.4 is 5.76 Å². The third-order valence-corrected chi connectivity index (χ3v) is 4.08. The predicted octanol–water partition coefficient (Wildman–Crippen LogP) is 1.99. The monoisotopic (exact) mass is 266 g/mol. The third kappa shape index (κ3) is 2.26. The van der Waals surface area contributed by atoms with Crippen molar-refractivity contribution in [2.45, 2.75) is 19.4 Å². The summed E-state index contributed by atoms with van der Waals surface area (Å²) in [4.78, 5) is 12.7. The molecule has 0 saturated carbocycles. The zero-order valence-corrected chi connectivity index (χ0v) is 10.7. The van der Waals surface area contributed by atoms with E-state index < -0.39 is 0 Å². The van der Waals surface area contributed by atoms with Gasteiger partial charge in [-0.1, -0.05) is 11.2 Å². The van der Waals surface area contributed by atoms with Gasteiger partial charge in [0.2, 0.25) is 0 Å². The molecule has 3 heterocycles. The van der Waals surface area contributed by atoms with Crippen LogP contribution in [0.1, 0.15) is 12.8 Å². The van der Waals surface area contributed by atoms with Crippen LogP contribution >= 0.6 is 11.3 Å². The van der Waals surface area contributed by atoms with Crippen molar-refractivity contribution in [2.24, 2.45) is 5.92 Å². The van der Waals surface area contributed by atoms with E-state index in [1.807, 2.05) is 17.5 Å². The van der Waals surface area contributed by atoms with Gasteiger partial charge in [0, 0.05) is 19.8 Å². The number of aromatic nitrogens is 2. The number of rotatable bonds is 3. The summed E-state index contributed by atoms with van der Waals surface area (Å²) in [6.07, 6.45) is 1.98. The van der Waals surface area contributed by atoms with Crippen LogP contribution in [0.5, 0.6) is 0 Å². The zero-order valence-electron chi connectivity index (χ0n) is 9.87. The van der Waals surface area contributed by atoms with Crippen molar-refractivity contribution in [3.8, 4) is 10.7 Å². The first-order valence-electron chi connectivity index (χ1n) is 6.03. The van der Waals surface area contributed by atoms with Gasteiger partial charge in [-0.2, -0.15) is 0 Å². The van der Waals surface area contributed by atoms with Gasteiger partial charge in [-0.3, -0.25) is 9.09 Å². The Hall–Kier alpha value is -1.40. The minimum absolute atomic E-state index is 0.370. The summed E-state index contributed by atoms with van der Waals surface area (Å²) in [5.41, 5.74) is 0. The van der Waals surface area contributed by atoms with Crippen molar-refractivity contribution < 1.29 is 9.26 Å². The molecule has 0 N–H and O–H groups in total. The van der Waals surface area contributed by atoms with Crippen LogP contribution in [0, 0.1) is 5.92 Å². The molecule has 1 saturated heterocycles. The standard InChI is InChI=1S/C12H14N2O3S/c15-12-14(8-9-3-5-16-6-4-9)11(13-17-12)10-2-1-7-18-10/h1-2,7,9H,3-6,8H2. The van der Waals surface area contributed by atoms with Crippen LogP contribution in [0.15, 0.2) is 26.8 Å². The molecular formula is C12H14N2O3S. The molecule has 18 heavy (non-hydrogen) atoms. The number of ether oxygens (including phenoxy) is 1. The first-order chi connectivity index (χ1) is 8.84. The fraction of sp³-hybridized carbons (Fsp3) is 0.500. The molecule has 1 fully saturated rings. The van der Waals surface area contributed by atoms with Crippen LogP contribution in [0.25, 0.3) is 10.7 Å². The van der Waals surface area contributed by atoms with Crippen LogP contribution in [-0.4, -0.2) is 22.9 Å². The molecule has 0 aromatic carbocycles. The van der Waals surface area contributed by atoms with Crippen LogP contribution in [0.3, 0.4) is 0 Å². The highest BCUT2D eigenvalue weighted by Crippen LogP contribution is 2.24. The largest absolute Gasteiger partial charge is 0.441 e. The zero-order chi connectivity index (χ0) is 12.4. The van der Waals surface area contributed by atoms with E-state index in [1.54, 1.807) is 15.9 Å². The molecule has 0 amide bonds. The second-order valence-corrected chi connectivity index (χ2v) is 5.36. The maximum absolute atomic E-state index is 11.7. The number of thiophene rings is 1. The molecule has 0 atom stereocenters. The van der Waals surface area contributed by atoms with Crippen molar-refractivity contribution in [1.82, 2.24) is 9.72 Å². The van der Waals surface area contributed by atoms with Gasteiger partial charge >= 0.3 is 5.76 Å². The van der Waals surface area contributed by atoms with Gasteiger partial charge in [0.1, 0.15) is 0 Å². The lowest BCUT2D eigenvalue weighted by Gasteiger charge is -2.21. The molecule has 1 aliphatic heterocycles. The summed E-state index contributed by atoms with van der Waals surface area (Å²) < 4.78 is 11.8. The average Bonchev–Trinajstić information content (AvgIpc) is 3.02. The van der Waals surface area contributed by atoms with Crippen LogP contribution in [0.4, 0.5) is 0 Å². The summed E-state index contributed by atoms with van der Waals surface area (Å²) in [6.45, 7) is 2.22. The van der Waals surface area contributed by atoms with E-state index in [-0.39, 0.29) is 5.76 Å². The Balaban J connectivity index is 1.86. The Kier molecular flexibility index (Phi) is 3.29. The fourth-order valence-electron chi connectivity index (χ4n) is 2.20. The van der Waals surface area contributed by atoms with E-state index in [0.29, 0.717) is 18.3 Å². The third-order valence-electron chi connectivity index (χ3n) is 3.21. The summed E-state index contributed by atoms with van der Waals surface area (Å²) in [5.74, 6) is 0.737. The van der Waals surface area contributed by atoms with Crippen LogP contribution in [0.2, 0.25) is 0 Å². The van der Waals surface area contributed by atoms with Gasteiger partial charge in [0.25, 0.3) is 0 Å². The van der Waals surface area contributed by atoms with E-state index in [1.165, 1.54) is 0 Å². The molecule has 5 nitrogen and oxygen atoms in total. The topological polar surface area (TPSA) is 57.3 Å². The van der Waals surface area contributed by atoms with E-state index in [2.05, 4.69) is 5.16 Å². The molecule has 0 bridgehead atoms. The highest BCUT2D eigenvalue weighted by molar-refractivity contribution is 7.13. The van der Waals surface area contributed by atoms with E-state index in [9.17, 15) is 4.79 Å². The van der Waals surface area contributed by atoms with Crippen molar-refractivity contribution in [3.63, 3.8) is 0 Å². The van der Waals surface area contributed by atoms with Gasteiger partial charge in [0.05, 0.1) is 4.88 Å². The van der Waals surface area contributed by atoms with Crippen molar-refractivity contribution in [1.29, 1.82) is 0 Å². The van der Waals surface area contributed by atoms with Gasteiger partial charge in [0.15, 0.2) is 5.82 Å². The summed E-state index contributed by atoms with van der Waals surface area (Å²) in [5, 5.41) is 5.84. The maximum atomic E-state index is 11.7. The molecule has 2 aromatic heterocycles. The van der Waals surface area contributed by atoms with Gasteiger partial charge in [-0.05, 0) is 30.2 Å². The Morgan fingerprint density at radius 1 is 1.44 bits per heavy atom. The van der Waals surface area contributed by atoms with Gasteiger partial charge in [-0.25, -0.2) is 4.79 Å². The molecule has 6 heteroatoms. The second kappa shape index (κ2) is 5.07. The average molecular weight is 266 g/mol. The van der Waals surface area contributed by atoms with E-state index in [4.69, 9.17) is 9.26 Å². The maximum Gasteiger partial charge on any atom is 0.441 e. The Bertz CT molecular complexity index is 552. The first kappa shape index (κ1) is 11.7. The molecule has 0 spiro atoms. The summed E-state index contributed by atoms with van der Waals surface area (Å²) in [6, 6.07) is 3.89. The predicted molar refractivity (Wildman–Crippen MR) is 67.6 cm³/mol. The van der Waals surface area contributed by atoms with Gasteiger partial charge in [-0.15, -0.1) is 11.3 Å². The highest BCUT2D eigenvalue weighted by atomic mass is 32.1. The van der Waals surface area contributed by atoms with Crippen molar-refractivity contribution >= 4 is 11.3 Å². The normalized spacial score (nSPS) is 17.1. The fourth-order valence-corrected chi connectivity index (χ4v) is 2.91. The van der Waals surface area contributed by atoms with Crippen LogP contribution in [-0.2, 0) is 11.3 Å². The highest BCUT2D eigenvalue weighted by Gasteiger charge is 2.20. The first-order valence-corrected chi connectivity index (χ1v) is 6.90. The molecule has 3 rings (SSSR count). The molecule has 0 aliphatic carbocycles. The SMILES string of the molecule is O=c1onc(-c2cccs2)n1CC1CCOCC1. The smallest absolute Gasteiger partial charge is 0.381 e. The molecular weight excluding hydrogens is 252 g/mol. The lowest BCUT2D eigenvalue weighted by Crippen LogP contribution is -2.25. The number of hydrogen-bond donors (Lipinski definition) is 0.